The largest absolute Gasteiger partial charge is 0.460 e. The van der Waals surface area contributed by atoms with Gasteiger partial charge in [0.1, 0.15) is 18.9 Å². The van der Waals surface area contributed by atoms with Crippen LogP contribution in [0.2, 0.25) is 0 Å². The van der Waals surface area contributed by atoms with E-state index < -0.39 is 28.4 Å². The fraction of sp³-hybridized carbons (Fsp3) is 0.600. The molecule has 2 N–H and O–H groups in total. The molecule has 1 aliphatic heterocycles. The van der Waals surface area contributed by atoms with Gasteiger partial charge in [0, 0.05) is 6.54 Å². The average Bonchev–Trinajstić information content (AvgIpc) is 3.15. The van der Waals surface area contributed by atoms with Gasteiger partial charge in [-0.05, 0) is 18.8 Å². The molecule has 140 valence electrons. The predicted octanol–water partition coefficient (Wildman–Crippen LogP) is -0.225. The molecule has 0 spiro atoms. The van der Waals surface area contributed by atoms with Crippen LogP contribution in [0, 0.1) is 5.92 Å². The van der Waals surface area contributed by atoms with Crippen molar-refractivity contribution in [2.45, 2.75) is 38.3 Å². The van der Waals surface area contributed by atoms with Crippen molar-refractivity contribution in [2.75, 3.05) is 12.9 Å². The Morgan fingerprint density at radius 1 is 1.60 bits per heavy atom. The molecule has 0 aromatic carbocycles. The molecule has 0 aliphatic carbocycles. The summed E-state index contributed by atoms with van der Waals surface area (Å²) in [6.07, 6.45) is 5.73. The normalized spacial score (nSPS) is 23.5. The third-order valence-electron chi connectivity index (χ3n) is 3.94. The van der Waals surface area contributed by atoms with E-state index in [9.17, 15) is 18.3 Å². The standard InChI is InChI=1S/C15H23N3O6S/c1-3-6-23-15(20)14-11(7-13(17-14)24-25(2,21)22)4-5-18-10-16-8-12(18)9-19/h3,8,10-11,13-14,17,19H,1,4-7,9H2,2H3. The van der Waals surface area contributed by atoms with Crippen LogP contribution in [0.3, 0.4) is 0 Å². The molecule has 10 heteroatoms. The van der Waals surface area contributed by atoms with E-state index in [2.05, 4.69) is 16.9 Å². The first-order valence-corrected chi connectivity index (χ1v) is 9.67. The number of ether oxygens (including phenoxy) is 1. The highest BCUT2D eigenvalue weighted by Gasteiger charge is 2.40. The van der Waals surface area contributed by atoms with E-state index in [1.807, 2.05) is 0 Å². The van der Waals surface area contributed by atoms with E-state index in [1.165, 1.54) is 6.08 Å². The van der Waals surface area contributed by atoms with E-state index in [0.29, 0.717) is 25.1 Å². The van der Waals surface area contributed by atoms with E-state index in [-0.39, 0.29) is 19.1 Å². The first kappa shape index (κ1) is 19.6. The number of imidazole rings is 1. The Labute approximate surface area is 146 Å². The third-order valence-corrected chi connectivity index (χ3v) is 4.53. The Morgan fingerprint density at radius 2 is 2.36 bits per heavy atom. The number of hydrogen-bond acceptors (Lipinski definition) is 8. The predicted molar refractivity (Wildman–Crippen MR) is 88.7 cm³/mol. The number of aromatic nitrogens is 2. The highest BCUT2D eigenvalue weighted by Crippen LogP contribution is 2.27. The van der Waals surface area contributed by atoms with Crippen molar-refractivity contribution in [1.29, 1.82) is 0 Å². The Bertz CT molecular complexity index is 702. The number of nitrogens with zero attached hydrogens (tertiary/aromatic N) is 2. The van der Waals surface area contributed by atoms with E-state index in [1.54, 1.807) is 17.1 Å². The Morgan fingerprint density at radius 3 is 3.00 bits per heavy atom. The number of aryl methyl sites for hydroxylation is 1. The summed E-state index contributed by atoms with van der Waals surface area (Å²) in [5.41, 5.74) is 0.667. The summed E-state index contributed by atoms with van der Waals surface area (Å²) < 4.78 is 34.5. The summed E-state index contributed by atoms with van der Waals surface area (Å²) in [6.45, 7) is 3.97. The van der Waals surface area contributed by atoms with Gasteiger partial charge in [-0.15, -0.1) is 0 Å². The number of rotatable bonds is 9. The van der Waals surface area contributed by atoms with Crippen molar-refractivity contribution in [1.82, 2.24) is 14.9 Å². The molecule has 3 atom stereocenters. The van der Waals surface area contributed by atoms with Crippen molar-refractivity contribution in [3.05, 3.63) is 30.9 Å². The second-order valence-corrected chi connectivity index (χ2v) is 7.47. The van der Waals surface area contributed by atoms with Gasteiger partial charge >= 0.3 is 5.97 Å². The third kappa shape index (κ3) is 5.63. The van der Waals surface area contributed by atoms with Gasteiger partial charge in [0.25, 0.3) is 10.1 Å². The number of esters is 1. The summed E-state index contributed by atoms with van der Waals surface area (Å²) in [7, 11) is -3.64. The van der Waals surface area contributed by atoms with Gasteiger partial charge < -0.3 is 14.4 Å². The summed E-state index contributed by atoms with van der Waals surface area (Å²) in [5, 5.41) is 12.1. The first-order valence-electron chi connectivity index (χ1n) is 7.85. The van der Waals surface area contributed by atoms with Crippen LogP contribution in [0.1, 0.15) is 18.5 Å². The molecule has 0 bridgehead atoms. The van der Waals surface area contributed by atoms with Crippen molar-refractivity contribution in [3.63, 3.8) is 0 Å². The number of aliphatic hydroxyl groups is 1. The van der Waals surface area contributed by atoms with Crippen LogP contribution in [0.4, 0.5) is 0 Å². The second kappa shape index (κ2) is 8.56. The van der Waals surface area contributed by atoms with Crippen LogP contribution in [-0.4, -0.2) is 54.2 Å². The molecule has 1 saturated heterocycles. The minimum Gasteiger partial charge on any atom is -0.460 e. The fourth-order valence-corrected chi connectivity index (χ4v) is 3.41. The van der Waals surface area contributed by atoms with Gasteiger partial charge in [-0.3, -0.25) is 14.3 Å². The summed E-state index contributed by atoms with van der Waals surface area (Å²) in [4.78, 5) is 16.2. The zero-order valence-corrected chi connectivity index (χ0v) is 14.8. The number of nitrogens with one attached hydrogen (secondary N) is 1. The van der Waals surface area contributed by atoms with Crippen molar-refractivity contribution in [2.24, 2.45) is 5.92 Å². The zero-order valence-electron chi connectivity index (χ0n) is 14.0. The molecule has 0 saturated carbocycles. The lowest BCUT2D eigenvalue weighted by molar-refractivity contribution is -0.145. The summed E-state index contributed by atoms with van der Waals surface area (Å²) in [6, 6.07) is -0.673. The van der Waals surface area contributed by atoms with Crippen LogP contribution >= 0.6 is 0 Å². The molecular weight excluding hydrogens is 350 g/mol. The first-order chi connectivity index (χ1) is 11.8. The highest BCUT2D eigenvalue weighted by molar-refractivity contribution is 7.86. The fourth-order valence-electron chi connectivity index (χ4n) is 2.86. The molecule has 25 heavy (non-hydrogen) atoms. The van der Waals surface area contributed by atoms with Crippen LogP contribution in [0.15, 0.2) is 25.2 Å². The summed E-state index contributed by atoms with van der Waals surface area (Å²) in [5.74, 6) is -0.657. The molecule has 0 radical (unpaired) electrons. The molecule has 0 amide bonds. The van der Waals surface area contributed by atoms with Gasteiger partial charge in [0.05, 0.1) is 31.1 Å². The van der Waals surface area contributed by atoms with Crippen molar-refractivity contribution < 1.29 is 27.2 Å². The quantitative estimate of drug-likeness (QED) is 0.346. The second-order valence-electron chi connectivity index (χ2n) is 5.87. The Balaban J connectivity index is 2.04. The van der Waals surface area contributed by atoms with E-state index in [4.69, 9.17) is 8.92 Å². The van der Waals surface area contributed by atoms with E-state index >= 15 is 0 Å². The number of hydrogen-bond donors (Lipinski definition) is 2. The lowest BCUT2D eigenvalue weighted by atomic mass is 9.96. The Hall–Kier alpha value is -1.75. The molecule has 1 aliphatic rings. The minimum atomic E-state index is -3.64. The van der Waals surface area contributed by atoms with Crippen LogP contribution in [0.25, 0.3) is 0 Å². The average molecular weight is 373 g/mol. The smallest absolute Gasteiger partial charge is 0.323 e. The molecule has 1 fully saturated rings. The molecule has 9 nitrogen and oxygen atoms in total. The van der Waals surface area contributed by atoms with Gasteiger partial charge in [0.2, 0.25) is 0 Å². The van der Waals surface area contributed by atoms with Crippen molar-refractivity contribution in [3.8, 4) is 0 Å². The SMILES string of the molecule is C=CCOC(=O)C1NC(OS(C)(=O)=O)CC1CCn1cncc1CO. The molecule has 2 rings (SSSR count). The molecule has 3 unspecified atom stereocenters. The van der Waals surface area contributed by atoms with Crippen LogP contribution in [0.5, 0.6) is 0 Å². The number of aliphatic hydroxyl groups excluding tert-OH is 1. The van der Waals surface area contributed by atoms with Gasteiger partial charge in [0.15, 0.2) is 0 Å². The highest BCUT2D eigenvalue weighted by atomic mass is 32.2. The number of carbonyl (C=O) groups is 1. The summed E-state index contributed by atoms with van der Waals surface area (Å²) >= 11 is 0. The topological polar surface area (TPSA) is 120 Å². The van der Waals surface area contributed by atoms with Crippen LogP contribution in [-0.2, 0) is 37.0 Å². The molecular formula is C15H23N3O6S. The maximum atomic E-state index is 12.2. The van der Waals surface area contributed by atoms with E-state index in [0.717, 1.165) is 6.26 Å². The lowest BCUT2D eigenvalue weighted by Gasteiger charge is -2.18. The maximum absolute atomic E-state index is 12.2. The Kier molecular flexibility index (Phi) is 6.71. The molecule has 1 aromatic rings. The van der Waals surface area contributed by atoms with Gasteiger partial charge in [-0.2, -0.15) is 8.42 Å². The number of carbonyl (C=O) groups excluding carboxylic acids is 1. The zero-order chi connectivity index (χ0) is 18.4. The minimum absolute atomic E-state index is 0.0809. The maximum Gasteiger partial charge on any atom is 0.323 e. The molecule has 1 aromatic heterocycles. The van der Waals surface area contributed by atoms with Crippen molar-refractivity contribution >= 4 is 16.1 Å². The molecule has 2 heterocycles. The lowest BCUT2D eigenvalue weighted by Crippen LogP contribution is -2.41. The monoisotopic (exact) mass is 373 g/mol. The van der Waals surface area contributed by atoms with Crippen LogP contribution < -0.4 is 5.32 Å². The van der Waals surface area contributed by atoms with Gasteiger partial charge in [-0.25, -0.2) is 4.98 Å². The van der Waals surface area contributed by atoms with Gasteiger partial charge in [-0.1, -0.05) is 12.7 Å².